The molecule has 0 saturated heterocycles. The molecule has 3 aliphatic carbocycles. The van der Waals surface area contributed by atoms with Crippen molar-refractivity contribution in [3.8, 4) is 5.75 Å². The van der Waals surface area contributed by atoms with E-state index in [1.165, 1.54) is 73.6 Å². The maximum absolute atomic E-state index is 6.10. The lowest BCUT2D eigenvalue weighted by Gasteiger charge is -2.24. The van der Waals surface area contributed by atoms with Gasteiger partial charge in [-0.1, -0.05) is 84.7 Å². The van der Waals surface area contributed by atoms with Crippen LogP contribution in [0.1, 0.15) is 70.8 Å². The molecule has 35 heavy (non-hydrogen) atoms. The molecule has 0 aromatic heterocycles. The first-order chi connectivity index (χ1) is 17.2. The highest BCUT2D eigenvalue weighted by Crippen LogP contribution is 2.48. The second-order valence-corrected chi connectivity index (χ2v) is 10.8. The van der Waals surface area contributed by atoms with Gasteiger partial charge in [-0.05, 0) is 105 Å². The van der Waals surface area contributed by atoms with Crippen LogP contribution in [-0.2, 0) is 6.42 Å². The summed E-state index contributed by atoms with van der Waals surface area (Å²) < 4.78 is 6.10. The third kappa shape index (κ3) is 5.89. The first kappa shape index (κ1) is 23.9. The molecule has 0 radical (unpaired) electrons. The fourth-order valence-corrected chi connectivity index (χ4v) is 6.24. The van der Waals surface area contributed by atoms with Gasteiger partial charge in [0.2, 0.25) is 0 Å². The summed E-state index contributed by atoms with van der Waals surface area (Å²) >= 11 is 0. The number of hydrogen-bond acceptors (Lipinski definition) is 1. The Morgan fingerprint density at radius 3 is 2.37 bits per heavy atom. The van der Waals surface area contributed by atoms with Crippen LogP contribution in [0.2, 0.25) is 0 Å². The van der Waals surface area contributed by atoms with Crippen molar-refractivity contribution in [3.05, 3.63) is 112 Å². The first-order valence-electron chi connectivity index (χ1n) is 13.7. The van der Waals surface area contributed by atoms with Crippen LogP contribution in [-0.4, -0.2) is 6.61 Å². The summed E-state index contributed by atoms with van der Waals surface area (Å²) in [5.74, 6) is 2.41. The van der Waals surface area contributed by atoms with E-state index in [-0.39, 0.29) is 1.43 Å². The summed E-state index contributed by atoms with van der Waals surface area (Å²) in [6.45, 7) is 5.23. The molecule has 1 atom stereocenters. The van der Waals surface area contributed by atoms with Crippen LogP contribution in [0.3, 0.4) is 0 Å². The van der Waals surface area contributed by atoms with Gasteiger partial charge in [0, 0.05) is 7.34 Å². The predicted molar refractivity (Wildman–Crippen MR) is 150 cm³/mol. The lowest BCUT2D eigenvalue weighted by atomic mass is 9.79. The van der Waals surface area contributed by atoms with Crippen LogP contribution in [0, 0.1) is 18.8 Å². The van der Waals surface area contributed by atoms with E-state index in [1.54, 1.807) is 16.7 Å². The number of unbranched alkanes of at least 4 members (excludes halogenated alkanes) is 1. The molecule has 0 amide bonds. The predicted octanol–water partition coefficient (Wildman–Crippen LogP) is 9.35. The Kier molecular flexibility index (Phi) is 7.72. The molecule has 1 nitrogen and oxygen atoms in total. The Morgan fingerprint density at radius 2 is 1.60 bits per heavy atom. The highest BCUT2D eigenvalue weighted by Gasteiger charge is 2.35. The zero-order valence-electron chi connectivity index (χ0n) is 21.6. The maximum Gasteiger partial charge on any atom is 0.119 e. The number of rotatable bonds is 10. The number of hydrogen-bond donors (Lipinski definition) is 0. The van der Waals surface area contributed by atoms with Crippen molar-refractivity contribution in [3.63, 3.8) is 0 Å². The highest BCUT2D eigenvalue weighted by atomic mass is 16.5. The van der Waals surface area contributed by atoms with Gasteiger partial charge < -0.3 is 4.74 Å². The number of benzene rings is 2. The summed E-state index contributed by atoms with van der Waals surface area (Å²) in [6.07, 6.45) is 19.0. The van der Waals surface area contributed by atoms with E-state index in [9.17, 15) is 0 Å². The number of ether oxygens (including phenoxy) is 1. The van der Waals surface area contributed by atoms with Crippen molar-refractivity contribution >= 4 is 0 Å². The molecule has 2 aromatic carbocycles. The minimum absolute atomic E-state index is 0. The van der Waals surface area contributed by atoms with Gasteiger partial charge in [-0.2, -0.15) is 0 Å². The lowest BCUT2D eigenvalue weighted by molar-refractivity contribution is 0.350. The zero-order chi connectivity index (χ0) is 24.0. The molecule has 1 fully saturated rings. The Hall–Kier alpha value is -2.80. The van der Waals surface area contributed by atoms with Gasteiger partial charge in [0.25, 0.3) is 0 Å². The second-order valence-electron chi connectivity index (χ2n) is 10.8. The minimum atomic E-state index is 0. The molecule has 0 heterocycles. The normalized spacial score (nSPS) is 20.3. The minimum Gasteiger partial charge on any atom is -0.489 e. The molecular formula is C34H42O. The van der Waals surface area contributed by atoms with E-state index in [2.05, 4.69) is 86.7 Å². The Labute approximate surface area is 213 Å². The molecule has 0 N–H and O–H groups in total. The van der Waals surface area contributed by atoms with Gasteiger partial charge in [-0.25, -0.2) is 0 Å². The summed E-state index contributed by atoms with van der Waals surface area (Å²) in [5, 5.41) is 0. The standard InChI is InChI=1S/C34H40O.H2/c1-25-16-20-32(21-17-25)35-24-28-18-19-31(22-28)33-23-30(26(2)34(33)29-13-8-9-14-29)15-7-6-12-27-10-4-3-5-11-27;/h3-5,10-11,16-17,19-23,29,34H,6-9,12-15,18,24H2,1-2H3;1H. The maximum atomic E-state index is 6.10. The van der Waals surface area contributed by atoms with Crippen molar-refractivity contribution in [2.24, 2.45) is 11.8 Å². The fraction of sp³-hybridized carbons (Fsp3) is 0.412. The van der Waals surface area contributed by atoms with Crippen molar-refractivity contribution in [2.45, 2.75) is 71.6 Å². The van der Waals surface area contributed by atoms with E-state index in [1.807, 2.05) is 0 Å². The van der Waals surface area contributed by atoms with E-state index in [0.717, 1.165) is 18.1 Å². The largest absolute Gasteiger partial charge is 0.489 e. The first-order valence-corrected chi connectivity index (χ1v) is 13.7. The molecule has 0 spiro atoms. The molecule has 1 heteroatoms. The Balaban J connectivity index is 0.00000304. The average Bonchev–Trinajstić information content (AvgIpc) is 3.63. The molecule has 5 rings (SSSR count). The lowest BCUT2D eigenvalue weighted by Crippen LogP contribution is -2.14. The second kappa shape index (κ2) is 11.3. The average molecular weight is 467 g/mol. The van der Waals surface area contributed by atoms with Crippen molar-refractivity contribution in [1.82, 2.24) is 0 Å². The number of aryl methyl sites for hydroxylation is 2. The Morgan fingerprint density at radius 1 is 0.857 bits per heavy atom. The molecule has 0 aliphatic heterocycles. The molecule has 2 aromatic rings. The summed E-state index contributed by atoms with van der Waals surface area (Å²) in [4.78, 5) is 0. The van der Waals surface area contributed by atoms with Crippen LogP contribution < -0.4 is 4.74 Å². The molecule has 1 saturated carbocycles. The summed E-state index contributed by atoms with van der Waals surface area (Å²) in [6, 6.07) is 19.3. The monoisotopic (exact) mass is 466 g/mol. The third-order valence-corrected chi connectivity index (χ3v) is 8.24. The van der Waals surface area contributed by atoms with Crippen molar-refractivity contribution < 1.29 is 6.16 Å². The molecule has 3 aliphatic rings. The van der Waals surface area contributed by atoms with Gasteiger partial charge in [0.05, 0.1) is 0 Å². The highest BCUT2D eigenvalue weighted by molar-refractivity contribution is 5.57. The van der Waals surface area contributed by atoms with E-state index in [4.69, 9.17) is 4.74 Å². The topological polar surface area (TPSA) is 9.23 Å². The molecule has 1 unspecified atom stereocenters. The van der Waals surface area contributed by atoms with E-state index in [0.29, 0.717) is 12.5 Å². The van der Waals surface area contributed by atoms with Crippen LogP contribution in [0.5, 0.6) is 5.75 Å². The van der Waals surface area contributed by atoms with Crippen LogP contribution in [0.15, 0.2) is 101 Å². The molecular weight excluding hydrogens is 424 g/mol. The summed E-state index contributed by atoms with van der Waals surface area (Å²) in [5.41, 5.74) is 10.5. The molecule has 0 bridgehead atoms. The van der Waals surface area contributed by atoms with Gasteiger partial charge in [-0.15, -0.1) is 0 Å². The number of allylic oxidation sites excluding steroid dienone is 7. The summed E-state index contributed by atoms with van der Waals surface area (Å²) in [7, 11) is 0. The van der Waals surface area contributed by atoms with Gasteiger partial charge in [0.1, 0.15) is 12.4 Å². The van der Waals surface area contributed by atoms with Crippen LogP contribution in [0.4, 0.5) is 0 Å². The van der Waals surface area contributed by atoms with Crippen LogP contribution >= 0.6 is 0 Å². The fourth-order valence-electron chi connectivity index (χ4n) is 6.24. The van der Waals surface area contributed by atoms with E-state index < -0.39 is 0 Å². The van der Waals surface area contributed by atoms with Gasteiger partial charge >= 0.3 is 0 Å². The Bertz CT molecular complexity index is 1130. The van der Waals surface area contributed by atoms with Crippen LogP contribution in [0.25, 0.3) is 0 Å². The van der Waals surface area contributed by atoms with Crippen molar-refractivity contribution in [1.29, 1.82) is 0 Å². The van der Waals surface area contributed by atoms with E-state index >= 15 is 0 Å². The third-order valence-electron chi connectivity index (χ3n) is 8.24. The quantitative estimate of drug-likeness (QED) is 0.317. The smallest absolute Gasteiger partial charge is 0.119 e. The SMILES string of the molecule is CC1=C(CCCCc2ccccc2)C=C(C2=CCC(COc3ccc(C)cc3)=C2)C1C1CCCC1.[HH]. The molecule has 184 valence electrons. The van der Waals surface area contributed by atoms with Gasteiger partial charge in [-0.3, -0.25) is 0 Å². The van der Waals surface area contributed by atoms with Crippen molar-refractivity contribution in [2.75, 3.05) is 6.61 Å². The van der Waals surface area contributed by atoms with Gasteiger partial charge in [0.15, 0.2) is 0 Å². The zero-order valence-corrected chi connectivity index (χ0v) is 21.6.